The Hall–Kier alpha value is -6.99. The molecule has 0 spiro atoms. The Morgan fingerprint density at radius 1 is 0.609 bits per heavy atom. The van der Waals surface area contributed by atoms with E-state index in [-0.39, 0.29) is 86.0 Å². The van der Waals surface area contributed by atoms with Crippen molar-refractivity contribution >= 4 is 23.8 Å². The number of benzene rings is 4. The maximum atomic E-state index is 14.5. The van der Waals surface area contributed by atoms with Gasteiger partial charge in [0.15, 0.2) is 5.69 Å². The van der Waals surface area contributed by atoms with E-state index in [0.717, 1.165) is 16.9 Å². The van der Waals surface area contributed by atoms with Gasteiger partial charge in [-0.05, 0) is 77.5 Å². The molecule has 0 bridgehead atoms. The van der Waals surface area contributed by atoms with Gasteiger partial charge in [0.2, 0.25) is 0 Å². The van der Waals surface area contributed by atoms with Gasteiger partial charge in [0.25, 0.3) is 0 Å². The number of aliphatic hydroxyl groups is 2. The lowest BCUT2D eigenvalue weighted by Gasteiger charge is -2.41. The van der Waals surface area contributed by atoms with Crippen molar-refractivity contribution in [3.05, 3.63) is 168 Å². The fraction of sp³-hybridized carbons (Fsp3) is 0.217. The van der Waals surface area contributed by atoms with Crippen LogP contribution in [0.2, 0.25) is 0 Å². The molecule has 2 fully saturated rings. The standard InChI is InChI=1S/C23H19F3N2O3.C23H21F2N2O4.H2O2/c24-15-8-9-16(19(26)14-15)20-6-3-7-21(27-20)28-12-10-23(11-13-29,31-22(28)30)17-4-1-2-5-18(17)25;24-17-10-8-16(9-11-17)20-6-3-7-21(27(20)30)26-14-12-23(13-15-28,31-22(26)29)18-4-1-2-5-19(18)25;1-2/h1-9,14,29H,10-13H2;1-11,28,30H,12-15H2;1-2H/q;+1;. The van der Waals surface area contributed by atoms with Crippen molar-refractivity contribution < 1.29 is 71.7 Å². The Balaban J connectivity index is 0.000000205. The molecule has 8 rings (SSSR count). The topological polar surface area (TPSA) is 177 Å². The third-order valence-electron chi connectivity index (χ3n) is 10.8. The highest BCUT2D eigenvalue weighted by atomic mass is 19.1. The smallest absolute Gasteiger partial charge is 0.437 e. The Labute approximate surface area is 362 Å². The van der Waals surface area contributed by atoms with E-state index < -0.39 is 52.5 Å². The molecule has 2 aromatic heterocycles. The van der Waals surface area contributed by atoms with Gasteiger partial charge in [-0.3, -0.25) is 15.4 Å². The predicted molar refractivity (Wildman–Crippen MR) is 221 cm³/mol. The van der Waals surface area contributed by atoms with E-state index in [9.17, 15) is 47.0 Å². The Morgan fingerprint density at radius 2 is 1.14 bits per heavy atom. The summed E-state index contributed by atoms with van der Waals surface area (Å²) >= 11 is 0. The number of hydrogen-bond acceptors (Lipinski definition) is 10. The number of amides is 2. The van der Waals surface area contributed by atoms with E-state index in [1.165, 1.54) is 82.6 Å². The second-order valence-corrected chi connectivity index (χ2v) is 14.5. The molecule has 0 saturated carbocycles. The molecular weight excluding hydrogens is 848 g/mol. The number of ether oxygens (including phenoxy) is 2. The van der Waals surface area contributed by atoms with Gasteiger partial charge in [-0.15, -0.1) is 0 Å². The normalized spacial score (nSPS) is 18.2. The monoisotopic (exact) mass is 889 g/mol. The summed E-state index contributed by atoms with van der Waals surface area (Å²) in [6.07, 6.45) is -1.02. The molecule has 2 aliphatic heterocycles. The van der Waals surface area contributed by atoms with Crippen molar-refractivity contribution in [2.45, 2.75) is 36.9 Å². The van der Waals surface area contributed by atoms with Crippen molar-refractivity contribution in [1.82, 2.24) is 4.98 Å². The summed E-state index contributed by atoms with van der Waals surface area (Å²) in [5.74, 6) is -2.55. The number of rotatable bonds is 10. The summed E-state index contributed by atoms with van der Waals surface area (Å²) in [5, 5.41) is 41.8. The first-order valence-corrected chi connectivity index (χ1v) is 19.7. The van der Waals surface area contributed by atoms with Crippen molar-refractivity contribution in [1.29, 1.82) is 0 Å². The van der Waals surface area contributed by atoms with Gasteiger partial charge >= 0.3 is 18.0 Å². The zero-order chi connectivity index (χ0) is 46.0. The predicted octanol–water partition coefficient (Wildman–Crippen LogP) is 8.59. The summed E-state index contributed by atoms with van der Waals surface area (Å²) in [7, 11) is 0. The first kappa shape index (κ1) is 46.5. The molecule has 0 aliphatic carbocycles. The van der Waals surface area contributed by atoms with Crippen LogP contribution in [0.15, 0.2) is 127 Å². The van der Waals surface area contributed by atoms with E-state index in [1.807, 2.05) is 0 Å². The van der Waals surface area contributed by atoms with Crippen LogP contribution in [0.25, 0.3) is 22.5 Å². The van der Waals surface area contributed by atoms with Crippen molar-refractivity contribution in [3.63, 3.8) is 0 Å². The van der Waals surface area contributed by atoms with Gasteiger partial charge < -0.3 is 24.9 Å². The average molecular weight is 890 g/mol. The van der Waals surface area contributed by atoms with E-state index in [1.54, 1.807) is 42.5 Å². The van der Waals surface area contributed by atoms with Gasteiger partial charge in [0, 0.05) is 79.8 Å². The molecule has 2 unspecified atom stereocenters. The molecule has 334 valence electrons. The first-order chi connectivity index (χ1) is 30.9. The van der Waals surface area contributed by atoms with Crippen LogP contribution in [-0.4, -0.2) is 69.4 Å². The SMILES string of the molecule is O=C1OC(CCO)(c2ccccc2F)CCN1c1cccc(-c2ccc(F)cc2)[n+]1O.O=C1OC(CCO)(c2ccccc2F)CCN1c1cccc(-c2ccc(F)cc2F)n1.OO. The van der Waals surface area contributed by atoms with E-state index in [2.05, 4.69) is 4.98 Å². The third kappa shape index (κ3) is 9.79. The maximum Gasteiger partial charge on any atom is 0.508 e. The summed E-state index contributed by atoms with van der Waals surface area (Å²) in [4.78, 5) is 32.6. The molecule has 5 N–H and O–H groups in total. The van der Waals surface area contributed by atoms with Crippen LogP contribution in [0.4, 0.5) is 43.2 Å². The van der Waals surface area contributed by atoms with E-state index in [4.69, 9.17) is 20.0 Å². The van der Waals surface area contributed by atoms with Gasteiger partial charge in [-0.25, -0.2) is 31.7 Å². The lowest BCUT2D eigenvalue weighted by atomic mass is 9.85. The van der Waals surface area contributed by atoms with Crippen molar-refractivity contribution in [2.24, 2.45) is 0 Å². The highest BCUT2D eigenvalue weighted by Gasteiger charge is 2.48. The summed E-state index contributed by atoms with van der Waals surface area (Å²) in [6.45, 7) is -0.309. The zero-order valence-electron chi connectivity index (χ0n) is 33.8. The number of carbonyl (C=O) groups is 2. The molecule has 2 amide bonds. The maximum absolute atomic E-state index is 14.5. The highest BCUT2D eigenvalue weighted by Crippen LogP contribution is 2.41. The van der Waals surface area contributed by atoms with Crippen LogP contribution >= 0.6 is 0 Å². The van der Waals surface area contributed by atoms with Gasteiger partial charge in [0.1, 0.15) is 52.7 Å². The largest absolute Gasteiger partial charge is 0.508 e. The van der Waals surface area contributed by atoms with Crippen LogP contribution in [-0.2, 0) is 20.7 Å². The number of aliphatic hydroxyl groups excluding tert-OH is 2. The van der Waals surface area contributed by atoms with Crippen LogP contribution < -0.4 is 14.5 Å². The first-order valence-electron chi connectivity index (χ1n) is 19.7. The minimum atomic E-state index is -1.30. The van der Waals surface area contributed by atoms with Crippen LogP contribution in [0.1, 0.15) is 36.8 Å². The van der Waals surface area contributed by atoms with Crippen LogP contribution in [0, 0.1) is 29.1 Å². The number of cyclic esters (lactones) is 2. The Kier molecular flexibility index (Phi) is 14.9. The number of nitrogens with zero attached hydrogens (tertiary/aromatic N) is 4. The Morgan fingerprint density at radius 3 is 1.67 bits per heavy atom. The number of halogens is 5. The second kappa shape index (κ2) is 20.5. The summed E-state index contributed by atoms with van der Waals surface area (Å²) in [6, 6.07) is 30.2. The highest BCUT2D eigenvalue weighted by molar-refractivity contribution is 5.88. The van der Waals surface area contributed by atoms with Crippen molar-refractivity contribution in [3.8, 4) is 22.5 Å². The second-order valence-electron chi connectivity index (χ2n) is 14.5. The molecule has 18 heteroatoms. The molecule has 2 saturated heterocycles. The van der Waals surface area contributed by atoms with E-state index >= 15 is 0 Å². The number of hydrogen-bond donors (Lipinski definition) is 5. The summed E-state index contributed by atoms with van der Waals surface area (Å²) in [5.41, 5.74) is -0.972. The van der Waals surface area contributed by atoms with Gasteiger partial charge in [0.05, 0.1) is 5.69 Å². The molecule has 6 aromatic rings. The fourth-order valence-electron chi connectivity index (χ4n) is 7.71. The number of aromatic nitrogens is 2. The molecule has 0 radical (unpaired) electrons. The average Bonchev–Trinajstić information content (AvgIpc) is 3.29. The lowest BCUT2D eigenvalue weighted by molar-refractivity contribution is -0.885. The number of carbonyl (C=O) groups excluding carboxylic acids is 2. The zero-order valence-corrected chi connectivity index (χ0v) is 33.8. The van der Waals surface area contributed by atoms with Crippen LogP contribution in [0.3, 0.4) is 0 Å². The van der Waals surface area contributed by atoms with Gasteiger partial charge in [-0.2, -0.15) is 9.69 Å². The van der Waals surface area contributed by atoms with Crippen molar-refractivity contribution in [2.75, 3.05) is 36.1 Å². The third-order valence-corrected chi connectivity index (χ3v) is 10.8. The Bertz CT molecular complexity index is 2590. The quantitative estimate of drug-likeness (QED) is 0.0294. The molecule has 2 atom stereocenters. The lowest BCUT2D eigenvalue weighted by Crippen LogP contribution is -2.53. The summed E-state index contributed by atoms with van der Waals surface area (Å²) < 4.78 is 81.7. The molecule has 4 aromatic carbocycles. The molecular formula is C46H42F5N4O9+. The fourth-order valence-corrected chi connectivity index (χ4v) is 7.71. The van der Waals surface area contributed by atoms with Crippen LogP contribution in [0.5, 0.6) is 0 Å². The molecule has 13 nitrogen and oxygen atoms in total. The molecule has 2 aliphatic rings. The minimum Gasteiger partial charge on any atom is -0.437 e. The number of pyridine rings is 2. The van der Waals surface area contributed by atoms with E-state index in [0.29, 0.717) is 11.3 Å². The van der Waals surface area contributed by atoms with Gasteiger partial charge in [-0.1, -0.05) is 42.5 Å². The molecule has 4 heterocycles. The minimum absolute atomic E-state index is 0.0434. The molecule has 64 heavy (non-hydrogen) atoms. The number of anilines is 2.